The van der Waals surface area contributed by atoms with E-state index in [0.29, 0.717) is 5.02 Å². The summed E-state index contributed by atoms with van der Waals surface area (Å²) in [6.45, 7) is 3.76. The van der Waals surface area contributed by atoms with Crippen LogP contribution in [0.2, 0.25) is 5.02 Å². The molecule has 1 saturated heterocycles. The van der Waals surface area contributed by atoms with Gasteiger partial charge in [0, 0.05) is 10.8 Å². The molecule has 1 aliphatic heterocycles. The SMILES string of the molecule is CC(C)(C(=O)OC1CCSC1)c1cccc(Cl)c1. The van der Waals surface area contributed by atoms with E-state index < -0.39 is 5.41 Å². The van der Waals surface area contributed by atoms with Gasteiger partial charge >= 0.3 is 5.97 Å². The van der Waals surface area contributed by atoms with Crippen LogP contribution in [0.3, 0.4) is 0 Å². The lowest BCUT2D eigenvalue weighted by Gasteiger charge is -2.25. The first-order valence-electron chi connectivity index (χ1n) is 6.05. The van der Waals surface area contributed by atoms with Crippen molar-refractivity contribution in [3.8, 4) is 0 Å². The van der Waals surface area contributed by atoms with Gasteiger partial charge in [-0.3, -0.25) is 4.79 Å². The van der Waals surface area contributed by atoms with Crippen molar-refractivity contribution in [1.29, 1.82) is 0 Å². The molecular weight excluding hydrogens is 268 g/mol. The summed E-state index contributed by atoms with van der Waals surface area (Å²) >= 11 is 7.81. The Labute approximate surface area is 117 Å². The van der Waals surface area contributed by atoms with Crippen LogP contribution >= 0.6 is 23.4 Å². The summed E-state index contributed by atoms with van der Waals surface area (Å²) in [6.07, 6.45) is 1.03. The van der Waals surface area contributed by atoms with Crippen LogP contribution in [-0.2, 0) is 14.9 Å². The summed E-state index contributed by atoms with van der Waals surface area (Å²) in [5.41, 5.74) is 0.240. The number of thioether (sulfide) groups is 1. The first kappa shape index (κ1) is 13.8. The van der Waals surface area contributed by atoms with Crippen molar-refractivity contribution in [2.24, 2.45) is 0 Å². The summed E-state index contributed by atoms with van der Waals surface area (Å²) in [4.78, 5) is 12.3. The third-order valence-corrected chi connectivity index (χ3v) is 4.59. The van der Waals surface area contributed by atoms with Gasteiger partial charge < -0.3 is 4.74 Å². The molecule has 0 saturated carbocycles. The third kappa shape index (κ3) is 3.01. The molecule has 0 radical (unpaired) electrons. The largest absolute Gasteiger partial charge is 0.461 e. The molecule has 18 heavy (non-hydrogen) atoms. The molecule has 4 heteroatoms. The van der Waals surface area contributed by atoms with Gasteiger partial charge in [-0.1, -0.05) is 23.7 Å². The Morgan fingerprint density at radius 3 is 2.89 bits per heavy atom. The molecule has 1 aromatic carbocycles. The van der Waals surface area contributed by atoms with Crippen LogP contribution in [-0.4, -0.2) is 23.6 Å². The normalized spacial score (nSPS) is 19.8. The number of benzene rings is 1. The lowest BCUT2D eigenvalue weighted by Crippen LogP contribution is -2.34. The topological polar surface area (TPSA) is 26.3 Å². The highest BCUT2D eigenvalue weighted by molar-refractivity contribution is 7.99. The van der Waals surface area contributed by atoms with Crippen LogP contribution in [0, 0.1) is 0 Å². The van der Waals surface area contributed by atoms with Crippen molar-refractivity contribution in [3.63, 3.8) is 0 Å². The molecule has 2 nitrogen and oxygen atoms in total. The first-order chi connectivity index (χ1) is 8.50. The predicted octanol–water partition coefficient (Wildman–Crippen LogP) is 3.67. The molecule has 0 amide bonds. The molecule has 1 unspecified atom stereocenters. The molecule has 2 rings (SSSR count). The standard InChI is InChI=1S/C14H17ClO2S/c1-14(2,10-4-3-5-11(15)8-10)13(16)17-12-6-7-18-9-12/h3-5,8,12H,6-7,9H2,1-2H3. The smallest absolute Gasteiger partial charge is 0.316 e. The van der Waals surface area contributed by atoms with Crippen molar-refractivity contribution in [1.82, 2.24) is 0 Å². The Kier molecular flexibility index (Phi) is 4.23. The molecule has 1 aromatic rings. The summed E-state index contributed by atoms with van der Waals surface area (Å²) in [5, 5.41) is 0.643. The van der Waals surface area contributed by atoms with E-state index in [2.05, 4.69) is 0 Å². The zero-order chi connectivity index (χ0) is 13.2. The number of halogens is 1. The number of carbonyl (C=O) groups excluding carboxylic acids is 1. The Bertz CT molecular complexity index is 439. The number of ether oxygens (including phenoxy) is 1. The van der Waals surface area contributed by atoms with Gasteiger partial charge in [0.15, 0.2) is 0 Å². The van der Waals surface area contributed by atoms with Crippen LogP contribution in [0.15, 0.2) is 24.3 Å². The van der Waals surface area contributed by atoms with Crippen molar-refractivity contribution >= 4 is 29.3 Å². The molecular formula is C14H17ClO2S. The average molecular weight is 285 g/mol. The second-order valence-corrected chi connectivity index (χ2v) is 6.61. The van der Waals surface area contributed by atoms with Crippen molar-refractivity contribution < 1.29 is 9.53 Å². The molecule has 0 N–H and O–H groups in total. The first-order valence-corrected chi connectivity index (χ1v) is 7.58. The van der Waals surface area contributed by atoms with Crippen LogP contribution in [0.4, 0.5) is 0 Å². The highest BCUT2D eigenvalue weighted by Crippen LogP contribution is 2.29. The highest BCUT2D eigenvalue weighted by Gasteiger charge is 2.34. The van der Waals surface area contributed by atoms with Gasteiger partial charge in [0.2, 0.25) is 0 Å². The van der Waals surface area contributed by atoms with E-state index >= 15 is 0 Å². The Balaban J connectivity index is 2.11. The van der Waals surface area contributed by atoms with E-state index in [1.807, 2.05) is 43.8 Å². The summed E-state index contributed by atoms with van der Waals surface area (Å²) in [6, 6.07) is 7.40. The van der Waals surface area contributed by atoms with Crippen molar-refractivity contribution in [2.45, 2.75) is 31.8 Å². The molecule has 1 aliphatic rings. The molecule has 0 spiro atoms. The van der Waals surface area contributed by atoms with E-state index in [1.54, 1.807) is 6.07 Å². The number of esters is 1. The second-order valence-electron chi connectivity index (χ2n) is 5.03. The molecule has 0 aliphatic carbocycles. The maximum absolute atomic E-state index is 12.3. The quantitative estimate of drug-likeness (QED) is 0.792. The Morgan fingerprint density at radius 1 is 1.50 bits per heavy atom. The second kappa shape index (κ2) is 5.54. The molecule has 1 fully saturated rings. The maximum Gasteiger partial charge on any atom is 0.316 e. The fourth-order valence-electron chi connectivity index (χ4n) is 1.90. The number of rotatable bonds is 3. The molecule has 0 bridgehead atoms. The van der Waals surface area contributed by atoms with Gasteiger partial charge in [0.05, 0.1) is 5.41 Å². The van der Waals surface area contributed by atoms with Gasteiger partial charge in [-0.15, -0.1) is 0 Å². The van der Waals surface area contributed by atoms with Gasteiger partial charge in [0.25, 0.3) is 0 Å². The average Bonchev–Trinajstić information content (AvgIpc) is 2.81. The predicted molar refractivity (Wildman–Crippen MR) is 76.3 cm³/mol. The zero-order valence-corrected chi connectivity index (χ0v) is 12.2. The third-order valence-electron chi connectivity index (χ3n) is 3.22. The lowest BCUT2D eigenvalue weighted by atomic mass is 9.85. The fraction of sp³-hybridized carbons (Fsp3) is 0.500. The van der Waals surface area contributed by atoms with E-state index in [-0.39, 0.29) is 12.1 Å². The van der Waals surface area contributed by atoms with Gasteiger partial charge in [-0.2, -0.15) is 11.8 Å². The molecule has 1 heterocycles. The molecule has 98 valence electrons. The fourth-order valence-corrected chi connectivity index (χ4v) is 3.18. The van der Waals surface area contributed by atoms with E-state index in [9.17, 15) is 4.79 Å². The zero-order valence-electron chi connectivity index (χ0n) is 10.6. The van der Waals surface area contributed by atoms with Crippen molar-refractivity contribution in [3.05, 3.63) is 34.9 Å². The molecule has 1 atom stereocenters. The minimum atomic E-state index is -0.655. The monoisotopic (exact) mass is 284 g/mol. The number of hydrogen-bond donors (Lipinski definition) is 0. The molecule has 0 aromatic heterocycles. The van der Waals surface area contributed by atoms with E-state index in [1.165, 1.54) is 0 Å². The maximum atomic E-state index is 12.3. The van der Waals surface area contributed by atoms with Gasteiger partial charge in [0.1, 0.15) is 6.10 Å². The van der Waals surface area contributed by atoms with E-state index in [4.69, 9.17) is 16.3 Å². The minimum absolute atomic E-state index is 0.0703. The van der Waals surface area contributed by atoms with Gasteiger partial charge in [-0.05, 0) is 43.7 Å². The number of carbonyl (C=O) groups is 1. The lowest BCUT2D eigenvalue weighted by molar-refractivity contribution is -0.153. The summed E-state index contributed by atoms with van der Waals surface area (Å²) in [7, 11) is 0. The van der Waals surface area contributed by atoms with Crippen LogP contribution < -0.4 is 0 Å². The minimum Gasteiger partial charge on any atom is -0.461 e. The van der Waals surface area contributed by atoms with Crippen LogP contribution in [0.25, 0.3) is 0 Å². The Hall–Kier alpha value is -0.670. The number of hydrogen-bond acceptors (Lipinski definition) is 3. The van der Waals surface area contributed by atoms with Gasteiger partial charge in [-0.25, -0.2) is 0 Å². The van der Waals surface area contributed by atoms with Crippen LogP contribution in [0.5, 0.6) is 0 Å². The summed E-state index contributed by atoms with van der Waals surface area (Å²) in [5.74, 6) is 1.82. The highest BCUT2D eigenvalue weighted by atomic mass is 35.5. The summed E-state index contributed by atoms with van der Waals surface area (Å²) < 4.78 is 5.57. The van der Waals surface area contributed by atoms with E-state index in [0.717, 1.165) is 23.5 Å². The van der Waals surface area contributed by atoms with Crippen molar-refractivity contribution in [2.75, 3.05) is 11.5 Å². The van der Waals surface area contributed by atoms with Crippen LogP contribution in [0.1, 0.15) is 25.8 Å². The Morgan fingerprint density at radius 2 is 2.28 bits per heavy atom.